The third kappa shape index (κ3) is 6.16. The van der Waals surface area contributed by atoms with E-state index in [9.17, 15) is 0 Å². The number of hydrogen-bond donors (Lipinski definition) is 0. The monoisotopic (exact) mass is 208 g/mol. The lowest BCUT2D eigenvalue weighted by molar-refractivity contribution is 0.131. The van der Waals surface area contributed by atoms with Crippen LogP contribution in [-0.2, 0) is 6.42 Å². The molecule has 0 N–H and O–H groups in total. The lowest BCUT2D eigenvalue weighted by Crippen LogP contribution is -2.22. The van der Waals surface area contributed by atoms with Gasteiger partial charge < -0.3 is 4.74 Å². The van der Waals surface area contributed by atoms with Crippen molar-refractivity contribution in [3.8, 4) is 5.75 Å². The van der Waals surface area contributed by atoms with Gasteiger partial charge >= 0.3 is 0 Å². The van der Waals surface area contributed by atoms with Gasteiger partial charge in [0.1, 0.15) is 11.4 Å². The Kier molecular flexibility index (Phi) is 6.07. The van der Waals surface area contributed by atoms with Crippen LogP contribution in [0.25, 0.3) is 0 Å². The maximum Gasteiger partial charge on any atom is 0.120 e. The lowest BCUT2D eigenvalue weighted by Gasteiger charge is -2.21. The second-order valence-electron chi connectivity index (χ2n) is 4.22. The SMILES string of the molecule is CC.CCc1cccc(OC(C)(C)C)c1. The fourth-order valence-electron chi connectivity index (χ4n) is 1.18. The zero-order valence-corrected chi connectivity index (χ0v) is 10.9. The van der Waals surface area contributed by atoms with E-state index in [0.717, 1.165) is 12.2 Å². The molecule has 0 radical (unpaired) electrons. The highest BCUT2D eigenvalue weighted by molar-refractivity contribution is 5.28. The first kappa shape index (κ1) is 14.0. The molecule has 1 heteroatoms. The zero-order chi connectivity index (χ0) is 11.9. The molecule has 0 unspecified atom stereocenters. The summed E-state index contributed by atoms with van der Waals surface area (Å²) in [6.07, 6.45) is 1.06. The van der Waals surface area contributed by atoms with Crippen LogP contribution in [0, 0.1) is 0 Å². The summed E-state index contributed by atoms with van der Waals surface area (Å²) < 4.78 is 5.74. The van der Waals surface area contributed by atoms with Crippen molar-refractivity contribution in [3.05, 3.63) is 29.8 Å². The van der Waals surface area contributed by atoms with Crippen LogP contribution in [0.3, 0.4) is 0 Å². The highest BCUT2D eigenvalue weighted by atomic mass is 16.5. The Hall–Kier alpha value is -0.980. The van der Waals surface area contributed by atoms with E-state index in [2.05, 4.69) is 39.8 Å². The van der Waals surface area contributed by atoms with E-state index in [1.165, 1.54) is 5.56 Å². The van der Waals surface area contributed by atoms with Crippen molar-refractivity contribution >= 4 is 0 Å². The highest BCUT2D eigenvalue weighted by Crippen LogP contribution is 2.19. The molecular weight excluding hydrogens is 184 g/mol. The molecule has 0 aliphatic carbocycles. The Bertz CT molecular complexity index is 271. The van der Waals surface area contributed by atoms with Gasteiger partial charge in [0, 0.05) is 0 Å². The largest absolute Gasteiger partial charge is 0.488 e. The Morgan fingerprint density at radius 1 is 1.13 bits per heavy atom. The molecule has 0 aliphatic heterocycles. The minimum atomic E-state index is -0.105. The fourth-order valence-corrected chi connectivity index (χ4v) is 1.18. The van der Waals surface area contributed by atoms with Gasteiger partial charge in [-0.25, -0.2) is 0 Å². The molecule has 1 rings (SSSR count). The molecule has 0 bridgehead atoms. The Labute approximate surface area is 94.5 Å². The average molecular weight is 208 g/mol. The van der Waals surface area contributed by atoms with Crippen LogP contribution >= 0.6 is 0 Å². The van der Waals surface area contributed by atoms with Gasteiger partial charge in [-0.1, -0.05) is 32.9 Å². The molecular formula is C14H24O. The summed E-state index contributed by atoms with van der Waals surface area (Å²) in [5.74, 6) is 0.965. The van der Waals surface area contributed by atoms with Crippen molar-refractivity contribution in [2.75, 3.05) is 0 Å². The van der Waals surface area contributed by atoms with Gasteiger partial charge in [-0.05, 0) is 44.9 Å². The molecule has 1 nitrogen and oxygen atoms in total. The van der Waals surface area contributed by atoms with Crippen molar-refractivity contribution in [3.63, 3.8) is 0 Å². The van der Waals surface area contributed by atoms with E-state index in [-0.39, 0.29) is 5.60 Å². The number of aryl methyl sites for hydroxylation is 1. The summed E-state index contributed by atoms with van der Waals surface area (Å²) in [7, 11) is 0. The Morgan fingerprint density at radius 3 is 2.20 bits per heavy atom. The van der Waals surface area contributed by atoms with Crippen molar-refractivity contribution in [2.24, 2.45) is 0 Å². The summed E-state index contributed by atoms with van der Waals surface area (Å²) in [4.78, 5) is 0. The summed E-state index contributed by atoms with van der Waals surface area (Å²) in [6, 6.07) is 8.27. The fraction of sp³-hybridized carbons (Fsp3) is 0.571. The highest BCUT2D eigenvalue weighted by Gasteiger charge is 2.11. The summed E-state index contributed by atoms with van der Waals surface area (Å²) in [6.45, 7) is 12.3. The van der Waals surface area contributed by atoms with Gasteiger partial charge in [-0.3, -0.25) is 0 Å². The molecule has 0 saturated heterocycles. The topological polar surface area (TPSA) is 9.23 Å². The molecule has 1 aromatic rings. The van der Waals surface area contributed by atoms with E-state index in [0.29, 0.717) is 0 Å². The second-order valence-corrected chi connectivity index (χ2v) is 4.22. The predicted molar refractivity (Wildman–Crippen MR) is 67.5 cm³/mol. The molecule has 0 saturated carbocycles. The second kappa shape index (κ2) is 6.49. The smallest absolute Gasteiger partial charge is 0.120 e. The van der Waals surface area contributed by atoms with Crippen LogP contribution < -0.4 is 4.74 Å². The van der Waals surface area contributed by atoms with Crippen molar-refractivity contribution in [1.29, 1.82) is 0 Å². The van der Waals surface area contributed by atoms with E-state index < -0.39 is 0 Å². The molecule has 0 heterocycles. The first-order valence-corrected chi connectivity index (χ1v) is 5.79. The third-order valence-electron chi connectivity index (χ3n) is 1.73. The lowest BCUT2D eigenvalue weighted by atomic mass is 10.1. The van der Waals surface area contributed by atoms with Crippen molar-refractivity contribution < 1.29 is 4.74 Å². The maximum absolute atomic E-state index is 5.74. The van der Waals surface area contributed by atoms with Crippen LogP contribution in [0.15, 0.2) is 24.3 Å². The van der Waals surface area contributed by atoms with Crippen LogP contribution in [0.4, 0.5) is 0 Å². The normalized spacial score (nSPS) is 10.3. The molecule has 0 atom stereocenters. The van der Waals surface area contributed by atoms with E-state index in [1.54, 1.807) is 0 Å². The molecule has 0 fully saturated rings. The van der Waals surface area contributed by atoms with Gasteiger partial charge in [-0.15, -0.1) is 0 Å². The Balaban J connectivity index is 0.000000921. The standard InChI is InChI=1S/C12H18O.C2H6/c1-5-10-7-6-8-11(9-10)13-12(2,3)4;1-2/h6-9H,5H2,1-4H3;1-2H3. The number of rotatable bonds is 2. The Morgan fingerprint density at radius 2 is 1.73 bits per heavy atom. The first-order valence-electron chi connectivity index (χ1n) is 5.79. The van der Waals surface area contributed by atoms with E-state index in [1.807, 2.05) is 26.0 Å². The summed E-state index contributed by atoms with van der Waals surface area (Å²) in [5, 5.41) is 0. The van der Waals surface area contributed by atoms with E-state index >= 15 is 0 Å². The van der Waals surface area contributed by atoms with Gasteiger partial charge in [0.05, 0.1) is 0 Å². The van der Waals surface area contributed by atoms with Crippen LogP contribution in [0.2, 0.25) is 0 Å². The predicted octanol–water partition coefficient (Wildman–Crippen LogP) is 4.45. The molecule has 86 valence electrons. The molecule has 0 spiro atoms. The summed E-state index contributed by atoms with van der Waals surface area (Å²) >= 11 is 0. The van der Waals surface area contributed by atoms with Crippen LogP contribution in [0.5, 0.6) is 5.75 Å². The zero-order valence-electron chi connectivity index (χ0n) is 10.9. The van der Waals surface area contributed by atoms with Gasteiger partial charge in [0.2, 0.25) is 0 Å². The van der Waals surface area contributed by atoms with Crippen molar-refractivity contribution in [2.45, 2.75) is 53.6 Å². The van der Waals surface area contributed by atoms with Gasteiger partial charge in [-0.2, -0.15) is 0 Å². The number of hydrogen-bond acceptors (Lipinski definition) is 1. The minimum absolute atomic E-state index is 0.105. The average Bonchev–Trinajstić information content (AvgIpc) is 2.19. The van der Waals surface area contributed by atoms with E-state index in [4.69, 9.17) is 4.74 Å². The molecule has 0 amide bonds. The van der Waals surface area contributed by atoms with Crippen molar-refractivity contribution in [1.82, 2.24) is 0 Å². The molecule has 0 aliphatic rings. The molecule has 1 aromatic carbocycles. The van der Waals surface area contributed by atoms with Gasteiger partial charge in [0.25, 0.3) is 0 Å². The first-order chi connectivity index (χ1) is 7.01. The minimum Gasteiger partial charge on any atom is -0.488 e. The number of ether oxygens (including phenoxy) is 1. The number of benzene rings is 1. The third-order valence-corrected chi connectivity index (χ3v) is 1.73. The van der Waals surface area contributed by atoms with Crippen LogP contribution in [0.1, 0.15) is 47.1 Å². The summed E-state index contributed by atoms with van der Waals surface area (Å²) in [5.41, 5.74) is 1.22. The molecule has 15 heavy (non-hydrogen) atoms. The van der Waals surface area contributed by atoms with Crippen LogP contribution in [-0.4, -0.2) is 5.60 Å². The molecule has 0 aromatic heterocycles. The maximum atomic E-state index is 5.74. The van der Waals surface area contributed by atoms with Gasteiger partial charge in [0.15, 0.2) is 0 Å². The quantitative estimate of drug-likeness (QED) is 0.697.